The fourth-order valence-electron chi connectivity index (χ4n) is 2.33. The molecule has 1 fully saturated rings. The van der Waals surface area contributed by atoms with Gasteiger partial charge in [-0.15, -0.1) is 0 Å². The van der Waals surface area contributed by atoms with Crippen molar-refractivity contribution in [2.75, 3.05) is 6.54 Å². The van der Waals surface area contributed by atoms with Gasteiger partial charge in [0.2, 0.25) is 11.8 Å². The van der Waals surface area contributed by atoms with Gasteiger partial charge in [-0.3, -0.25) is 14.4 Å². The van der Waals surface area contributed by atoms with Crippen LogP contribution in [0.3, 0.4) is 0 Å². The Labute approximate surface area is 112 Å². The van der Waals surface area contributed by atoms with E-state index in [0.717, 1.165) is 6.42 Å². The van der Waals surface area contributed by atoms with E-state index in [0.29, 0.717) is 25.3 Å². The molecule has 0 aromatic heterocycles. The third-order valence-electron chi connectivity index (χ3n) is 3.14. The van der Waals surface area contributed by atoms with Crippen LogP contribution in [0.1, 0.15) is 39.5 Å². The standard InChI is InChI=1S/C13H22N2O4/c1-8(2)5-9(6-12(17)18)7-14-13(19)10-3-4-11(16)15-10/h8-10H,3-7H2,1-2H3,(H,14,19)(H,15,16)(H,17,18)/t9?,10-/m0/s1. The Kier molecular flexibility index (Phi) is 5.79. The normalized spacial score (nSPS) is 20.2. The van der Waals surface area contributed by atoms with Crippen molar-refractivity contribution in [2.24, 2.45) is 11.8 Å². The molecule has 6 nitrogen and oxygen atoms in total. The molecule has 0 radical (unpaired) electrons. The second-order valence-corrected chi connectivity index (χ2v) is 5.50. The van der Waals surface area contributed by atoms with Gasteiger partial charge >= 0.3 is 5.97 Å². The van der Waals surface area contributed by atoms with Gasteiger partial charge in [0.05, 0.1) is 0 Å². The van der Waals surface area contributed by atoms with E-state index in [2.05, 4.69) is 10.6 Å². The van der Waals surface area contributed by atoms with Crippen LogP contribution in [0.2, 0.25) is 0 Å². The number of aliphatic carboxylic acids is 1. The van der Waals surface area contributed by atoms with Crippen LogP contribution in [0.4, 0.5) is 0 Å². The lowest BCUT2D eigenvalue weighted by atomic mass is 9.94. The first kappa shape index (κ1) is 15.5. The number of rotatable bonds is 7. The van der Waals surface area contributed by atoms with Gasteiger partial charge in [0.25, 0.3) is 0 Å². The van der Waals surface area contributed by atoms with Crippen LogP contribution >= 0.6 is 0 Å². The number of nitrogens with one attached hydrogen (secondary N) is 2. The molecule has 19 heavy (non-hydrogen) atoms. The predicted octanol–water partition coefficient (Wildman–Crippen LogP) is 0.518. The molecule has 108 valence electrons. The zero-order valence-corrected chi connectivity index (χ0v) is 11.4. The fourth-order valence-corrected chi connectivity index (χ4v) is 2.33. The van der Waals surface area contributed by atoms with Crippen molar-refractivity contribution in [1.29, 1.82) is 0 Å². The van der Waals surface area contributed by atoms with E-state index < -0.39 is 12.0 Å². The smallest absolute Gasteiger partial charge is 0.303 e. The maximum Gasteiger partial charge on any atom is 0.303 e. The van der Waals surface area contributed by atoms with Crippen LogP contribution in [-0.4, -0.2) is 35.5 Å². The molecule has 1 unspecified atom stereocenters. The molecule has 2 atom stereocenters. The summed E-state index contributed by atoms with van der Waals surface area (Å²) in [6, 6.07) is -0.461. The Morgan fingerprint density at radius 3 is 2.63 bits per heavy atom. The highest BCUT2D eigenvalue weighted by Gasteiger charge is 2.27. The first-order chi connectivity index (χ1) is 8.88. The summed E-state index contributed by atoms with van der Waals surface area (Å²) < 4.78 is 0. The van der Waals surface area contributed by atoms with Gasteiger partial charge in [-0.2, -0.15) is 0 Å². The summed E-state index contributed by atoms with van der Waals surface area (Å²) in [4.78, 5) is 33.6. The Balaban J connectivity index is 2.39. The van der Waals surface area contributed by atoms with Crippen molar-refractivity contribution >= 4 is 17.8 Å². The van der Waals surface area contributed by atoms with E-state index in [1.54, 1.807) is 0 Å². The SMILES string of the molecule is CC(C)CC(CNC(=O)[C@@H]1CCC(=O)N1)CC(=O)O. The monoisotopic (exact) mass is 270 g/mol. The largest absolute Gasteiger partial charge is 0.481 e. The average Bonchev–Trinajstić information content (AvgIpc) is 2.71. The molecule has 6 heteroatoms. The summed E-state index contributed by atoms with van der Waals surface area (Å²) in [6.45, 7) is 4.39. The number of amides is 2. The summed E-state index contributed by atoms with van der Waals surface area (Å²) in [5.74, 6) is -0.866. The molecule has 0 aromatic rings. The predicted molar refractivity (Wildman–Crippen MR) is 69.4 cm³/mol. The van der Waals surface area contributed by atoms with Gasteiger partial charge in [0.1, 0.15) is 6.04 Å². The lowest BCUT2D eigenvalue weighted by molar-refractivity contribution is -0.138. The third kappa shape index (κ3) is 5.72. The van der Waals surface area contributed by atoms with Crippen LogP contribution < -0.4 is 10.6 Å². The Morgan fingerprint density at radius 1 is 1.47 bits per heavy atom. The maximum atomic E-state index is 11.8. The lowest BCUT2D eigenvalue weighted by Crippen LogP contribution is -2.43. The minimum absolute atomic E-state index is 0.0511. The maximum absolute atomic E-state index is 11.8. The van der Waals surface area contributed by atoms with Crippen LogP contribution in [-0.2, 0) is 14.4 Å². The molecule has 2 amide bonds. The van der Waals surface area contributed by atoms with E-state index in [1.165, 1.54) is 0 Å². The molecule has 1 aliphatic heterocycles. The van der Waals surface area contributed by atoms with Crippen molar-refractivity contribution in [1.82, 2.24) is 10.6 Å². The number of carboxylic acid groups (broad SMARTS) is 1. The van der Waals surface area contributed by atoms with Crippen molar-refractivity contribution in [2.45, 2.75) is 45.6 Å². The highest BCUT2D eigenvalue weighted by Crippen LogP contribution is 2.15. The van der Waals surface area contributed by atoms with Crippen LogP contribution in [0.15, 0.2) is 0 Å². The summed E-state index contributed by atoms with van der Waals surface area (Å²) >= 11 is 0. The van der Waals surface area contributed by atoms with E-state index in [9.17, 15) is 14.4 Å². The topological polar surface area (TPSA) is 95.5 Å². The number of carbonyl (C=O) groups is 3. The molecule has 3 N–H and O–H groups in total. The molecule has 1 aliphatic rings. The molecule has 0 bridgehead atoms. The first-order valence-electron chi connectivity index (χ1n) is 6.67. The van der Waals surface area contributed by atoms with Crippen LogP contribution in [0.25, 0.3) is 0 Å². The highest BCUT2D eigenvalue weighted by atomic mass is 16.4. The third-order valence-corrected chi connectivity index (χ3v) is 3.14. The van der Waals surface area contributed by atoms with Crippen LogP contribution in [0.5, 0.6) is 0 Å². The van der Waals surface area contributed by atoms with E-state index in [1.807, 2.05) is 13.8 Å². The molecule has 1 rings (SSSR count). The molecule has 0 aromatic carbocycles. The quantitative estimate of drug-likeness (QED) is 0.628. The Morgan fingerprint density at radius 2 is 2.16 bits per heavy atom. The Bertz CT molecular complexity index is 355. The molecule has 1 heterocycles. The van der Waals surface area contributed by atoms with Gasteiger partial charge in [0, 0.05) is 19.4 Å². The highest BCUT2D eigenvalue weighted by molar-refractivity contribution is 5.90. The Hall–Kier alpha value is -1.59. The van der Waals surface area contributed by atoms with Gasteiger partial charge in [0.15, 0.2) is 0 Å². The van der Waals surface area contributed by atoms with Gasteiger partial charge in [-0.1, -0.05) is 13.8 Å². The van der Waals surface area contributed by atoms with Crippen molar-refractivity contribution in [3.63, 3.8) is 0 Å². The van der Waals surface area contributed by atoms with Gasteiger partial charge < -0.3 is 15.7 Å². The van der Waals surface area contributed by atoms with Crippen molar-refractivity contribution in [3.8, 4) is 0 Å². The zero-order valence-electron chi connectivity index (χ0n) is 11.4. The second-order valence-electron chi connectivity index (χ2n) is 5.50. The molecule has 0 spiro atoms. The van der Waals surface area contributed by atoms with Gasteiger partial charge in [-0.25, -0.2) is 0 Å². The number of hydrogen-bond donors (Lipinski definition) is 3. The fraction of sp³-hybridized carbons (Fsp3) is 0.769. The number of carboxylic acids is 1. The van der Waals surface area contributed by atoms with Crippen molar-refractivity contribution in [3.05, 3.63) is 0 Å². The zero-order chi connectivity index (χ0) is 14.4. The summed E-state index contributed by atoms with van der Waals surface area (Å²) in [5, 5.41) is 14.2. The second kappa shape index (κ2) is 7.11. The summed E-state index contributed by atoms with van der Waals surface area (Å²) in [5.41, 5.74) is 0. The molecule has 0 aliphatic carbocycles. The molecule has 1 saturated heterocycles. The van der Waals surface area contributed by atoms with E-state index in [4.69, 9.17) is 5.11 Å². The summed E-state index contributed by atoms with van der Waals surface area (Å²) in [7, 11) is 0. The van der Waals surface area contributed by atoms with Gasteiger partial charge in [-0.05, 0) is 24.7 Å². The molecular weight excluding hydrogens is 248 g/mol. The molecule has 0 saturated carbocycles. The lowest BCUT2D eigenvalue weighted by Gasteiger charge is -2.19. The van der Waals surface area contributed by atoms with E-state index in [-0.39, 0.29) is 24.2 Å². The van der Waals surface area contributed by atoms with Crippen LogP contribution in [0, 0.1) is 11.8 Å². The minimum Gasteiger partial charge on any atom is -0.481 e. The number of hydrogen-bond acceptors (Lipinski definition) is 3. The summed E-state index contributed by atoms with van der Waals surface area (Å²) in [6.07, 6.45) is 1.69. The van der Waals surface area contributed by atoms with E-state index >= 15 is 0 Å². The molecular formula is C13H22N2O4. The minimum atomic E-state index is -0.853. The van der Waals surface area contributed by atoms with Crippen molar-refractivity contribution < 1.29 is 19.5 Å². The number of carbonyl (C=O) groups excluding carboxylic acids is 2. The average molecular weight is 270 g/mol. The first-order valence-corrected chi connectivity index (χ1v) is 6.67.